The standard InChI is InChI=1S/C86H111Cl6N13O12/c1-57-38-58(72-50-100(2)53-75-69(72)41-64(87)44-78(75)90)8-11-61(57)47-103(56-106)23-29-115-35-32-112-26-20-97-83(109)94-17-5-14-86(93,15-6-18-95-84(110)98-21-27-113-33-36-116-30-24-104-48-62-12-9-59(39-67(62)81(104)107)73-51-101(3)54-76-70(73)42-65(88)45-79(76)91)16-7-19-96-85(111)99-22-28-114-34-37-117-31-25-105-49-63-13-10-60(40-68(63)82(105)108)74-52-102(4)55-77-71(74)43-66(89)46-80(77)92/h8-13,38-46,56,72-74H,5-7,14-37,47-55,93H2,1-4H3,(H2,94,97,109)(H2,95,98,110)(H2,96,99,111). The van der Waals surface area contributed by atoms with Crippen molar-refractivity contribution in [3.8, 4) is 0 Å². The highest BCUT2D eigenvalue weighted by Gasteiger charge is 2.35. The molecule has 0 aliphatic carbocycles. The monoisotopic (exact) mass is 1730 g/mol. The molecular weight excluding hydrogens is 1620 g/mol. The van der Waals surface area contributed by atoms with E-state index in [2.05, 4.69) is 105 Å². The van der Waals surface area contributed by atoms with Crippen molar-refractivity contribution in [1.29, 1.82) is 0 Å². The van der Waals surface area contributed by atoms with Crippen LogP contribution in [-0.2, 0) is 72.5 Å². The molecule has 0 bridgehead atoms. The summed E-state index contributed by atoms with van der Waals surface area (Å²) in [6, 6.07) is 29.1. The number of hydrogen-bond acceptors (Lipinski definition) is 16. The summed E-state index contributed by atoms with van der Waals surface area (Å²) in [5.74, 6) is 0.128. The van der Waals surface area contributed by atoms with E-state index in [1.807, 2.05) is 42.5 Å². The lowest BCUT2D eigenvalue weighted by Gasteiger charge is -2.33. The highest BCUT2D eigenvalue weighted by atomic mass is 35.5. The highest BCUT2D eigenvalue weighted by molar-refractivity contribution is 6.36. The van der Waals surface area contributed by atoms with Crippen molar-refractivity contribution < 1.29 is 57.2 Å². The van der Waals surface area contributed by atoms with E-state index >= 15 is 0 Å². The van der Waals surface area contributed by atoms with Gasteiger partial charge in [-0.3, -0.25) is 14.4 Å². The highest BCUT2D eigenvalue weighted by Crippen LogP contribution is 2.43. The molecular formula is C86H111Cl6N13O12. The van der Waals surface area contributed by atoms with Crippen molar-refractivity contribution in [3.05, 3.63) is 205 Å². The third kappa shape index (κ3) is 26.2. The molecule has 3 unspecified atom stereocenters. The van der Waals surface area contributed by atoms with E-state index in [4.69, 9.17) is 104 Å². The van der Waals surface area contributed by atoms with E-state index in [0.29, 0.717) is 198 Å². The molecule has 3 atom stereocenters. The summed E-state index contributed by atoms with van der Waals surface area (Å²) in [5, 5.41) is 21.0. The molecule has 0 spiro atoms. The van der Waals surface area contributed by atoms with Crippen LogP contribution in [0.1, 0.15) is 149 Å². The molecule has 0 saturated carbocycles. The molecule has 9 amide bonds. The molecule has 5 aliphatic heterocycles. The number of halogens is 6. The number of urea groups is 3. The van der Waals surface area contributed by atoms with Crippen LogP contribution in [0.3, 0.4) is 0 Å². The molecule has 25 nitrogen and oxygen atoms in total. The molecule has 117 heavy (non-hydrogen) atoms. The summed E-state index contributed by atoms with van der Waals surface area (Å²) in [5.41, 5.74) is 21.8. The first kappa shape index (κ1) is 90.6. The maximum Gasteiger partial charge on any atom is 0.314 e. The number of fused-ring (bicyclic) bond motifs is 5. The first-order chi connectivity index (χ1) is 56.5. The van der Waals surface area contributed by atoms with Gasteiger partial charge < -0.3 is 95.5 Å². The van der Waals surface area contributed by atoms with Gasteiger partial charge in [0.15, 0.2) is 0 Å². The lowest BCUT2D eigenvalue weighted by atomic mass is 9.83. The van der Waals surface area contributed by atoms with Gasteiger partial charge >= 0.3 is 18.1 Å². The Bertz CT molecular complexity index is 4220. The number of ether oxygens (including phenoxy) is 6. The van der Waals surface area contributed by atoms with E-state index < -0.39 is 5.54 Å². The van der Waals surface area contributed by atoms with Crippen LogP contribution in [0.15, 0.2) is 91.0 Å². The Balaban J connectivity index is 0.537. The second kappa shape index (κ2) is 45.0. The van der Waals surface area contributed by atoms with Gasteiger partial charge in [-0.1, -0.05) is 112 Å². The molecule has 8 N–H and O–H groups in total. The third-order valence-corrected chi connectivity index (χ3v) is 23.9. The maximum absolute atomic E-state index is 13.6. The SMILES string of the molecule is Cc1cc(C2CN(C)Cc3c(Cl)cc(Cl)cc32)ccc1CN(C=O)CCOCCOCCNC(=O)NCCCC(N)(CCCNC(=O)NCCOCCOCCN1Cc2ccc(C3CN(C)Cc4c(Cl)cc(Cl)cc43)cc2C1=O)CCCNC(=O)NCCOCCOCCN1Cc2ccc(C3CN(C)Cc4c(Cl)cc(Cl)cc43)cc2C1=O. The number of nitrogens with one attached hydrogen (secondary N) is 6. The molecule has 5 aliphatic rings. The van der Waals surface area contributed by atoms with Crippen molar-refractivity contribution in [1.82, 2.24) is 61.3 Å². The number of carbonyl (C=O) groups is 6. The second-order valence-corrected chi connectivity index (χ2v) is 33.6. The maximum atomic E-state index is 13.6. The summed E-state index contributed by atoms with van der Waals surface area (Å²) in [7, 11) is 6.22. The average Bonchev–Trinajstić information content (AvgIpc) is 1.76. The van der Waals surface area contributed by atoms with E-state index in [1.165, 1.54) is 5.56 Å². The van der Waals surface area contributed by atoms with Crippen molar-refractivity contribution in [2.75, 3.05) is 179 Å². The van der Waals surface area contributed by atoms with Gasteiger partial charge in [0, 0.05) is 182 Å². The first-order valence-electron chi connectivity index (χ1n) is 40.4. The van der Waals surface area contributed by atoms with E-state index in [-0.39, 0.29) is 87.1 Å². The quantitative estimate of drug-likeness (QED) is 0.0138. The van der Waals surface area contributed by atoms with E-state index in [0.717, 1.165) is 112 Å². The van der Waals surface area contributed by atoms with E-state index in [1.54, 1.807) is 32.9 Å². The molecule has 0 saturated heterocycles. The number of nitrogens with two attached hydrogens (primary N) is 1. The fourth-order valence-electron chi connectivity index (χ4n) is 16.1. The Morgan fingerprint density at radius 3 is 1.16 bits per heavy atom. The van der Waals surface area contributed by atoms with Gasteiger partial charge in [-0.05, 0) is 187 Å². The smallest absolute Gasteiger partial charge is 0.314 e. The zero-order chi connectivity index (χ0) is 83.0. The summed E-state index contributed by atoms with van der Waals surface area (Å²) in [6.07, 6.45) is 4.28. The largest absolute Gasteiger partial charge is 0.377 e. The minimum absolute atomic E-state index is 0.0231. The molecule has 0 fully saturated rings. The summed E-state index contributed by atoms with van der Waals surface area (Å²) in [4.78, 5) is 89.8. The number of carbonyl (C=O) groups excluding carboxylic acids is 6. The molecule has 31 heteroatoms. The van der Waals surface area contributed by atoms with Crippen LogP contribution in [0.5, 0.6) is 0 Å². The minimum atomic E-state index is -0.671. The topological polar surface area (TPSA) is 275 Å². The number of amides is 9. The van der Waals surface area contributed by atoms with Crippen LogP contribution >= 0.6 is 69.6 Å². The molecule has 0 aromatic heterocycles. The second-order valence-electron chi connectivity index (χ2n) is 31.1. The van der Waals surface area contributed by atoms with Crippen LogP contribution in [0, 0.1) is 6.92 Å². The number of rotatable bonds is 45. The third-order valence-electron chi connectivity index (χ3n) is 22.3. The van der Waals surface area contributed by atoms with Crippen LogP contribution < -0.4 is 37.6 Å². The van der Waals surface area contributed by atoms with Gasteiger partial charge in [0.1, 0.15) is 0 Å². The van der Waals surface area contributed by atoms with Gasteiger partial charge in [0.2, 0.25) is 6.41 Å². The van der Waals surface area contributed by atoms with Crippen molar-refractivity contribution in [2.24, 2.45) is 5.73 Å². The van der Waals surface area contributed by atoms with E-state index in [9.17, 15) is 28.8 Å². The van der Waals surface area contributed by atoms with Gasteiger partial charge in [0.05, 0.1) is 79.3 Å². The Kier molecular flexibility index (Phi) is 34.8. The fraction of sp³-hybridized carbons (Fsp3) is 0.512. The Morgan fingerprint density at radius 1 is 0.453 bits per heavy atom. The predicted molar refractivity (Wildman–Crippen MR) is 458 cm³/mol. The van der Waals surface area contributed by atoms with Gasteiger partial charge in [0.25, 0.3) is 11.8 Å². The lowest BCUT2D eigenvalue weighted by molar-refractivity contribution is -0.119. The summed E-state index contributed by atoms with van der Waals surface area (Å²) >= 11 is 39.2. The Morgan fingerprint density at radius 2 is 0.795 bits per heavy atom. The van der Waals surface area contributed by atoms with Crippen LogP contribution in [-0.4, -0.2) is 250 Å². The molecule has 0 radical (unpaired) electrons. The van der Waals surface area contributed by atoms with Gasteiger partial charge in [-0.2, -0.15) is 0 Å². The zero-order valence-corrected chi connectivity index (χ0v) is 71.9. The fourth-order valence-corrected chi connectivity index (χ4v) is 17.8. The number of benzene rings is 6. The molecule has 6 aromatic rings. The minimum Gasteiger partial charge on any atom is -0.377 e. The predicted octanol–water partition coefficient (Wildman–Crippen LogP) is 12.0. The van der Waals surface area contributed by atoms with Gasteiger partial charge in [-0.15, -0.1) is 0 Å². The van der Waals surface area contributed by atoms with Crippen molar-refractivity contribution >= 4 is 106 Å². The Hall–Kier alpha value is -7.12. The first-order valence-corrected chi connectivity index (χ1v) is 42.7. The van der Waals surface area contributed by atoms with Crippen LogP contribution in [0.25, 0.3) is 0 Å². The number of aryl methyl sites for hydroxylation is 1. The Labute approximate surface area is 717 Å². The molecule has 6 aromatic carbocycles. The summed E-state index contributed by atoms with van der Waals surface area (Å²) in [6.45, 7) is 15.1. The number of likely N-dealkylation sites (N-methyl/N-ethyl adjacent to an activating group) is 3. The molecule has 11 rings (SSSR count). The summed E-state index contributed by atoms with van der Waals surface area (Å²) < 4.78 is 34.6. The van der Waals surface area contributed by atoms with Crippen LogP contribution in [0.4, 0.5) is 14.4 Å². The van der Waals surface area contributed by atoms with Crippen molar-refractivity contribution in [2.45, 2.75) is 108 Å². The number of nitrogens with zero attached hydrogens (tertiary/aromatic N) is 6. The van der Waals surface area contributed by atoms with Crippen molar-refractivity contribution in [3.63, 3.8) is 0 Å². The normalized spacial score (nSPS) is 17.1. The van der Waals surface area contributed by atoms with Crippen LogP contribution in [0.2, 0.25) is 30.1 Å². The number of hydrogen-bond donors (Lipinski definition) is 7. The lowest BCUT2D eigenvalue weighted by Crippen LogP contribution is -2.44. The zero-order valence-electron chi connectivity index (χ0n) is 67.4. The average molecular weight is 1730 g/mol. The molecule has 5 heterocycles. The molecule has 634 valence electrons. The van der Waals surface area contributed by atoms with Gasteiger partial charge in [-0.25, -0.2) is 14.4 Å².